The van der Waals surface area contributed by atoms with Crippen molar-refractivity contribution < 1.29 is 0 Å². The lowest BCUT2D eigenvalue weighted by Gasteiger charge is -2.22. The fourth-order valence-corrected chi connectivity index (χ4v) is 3.05. The Morgan fingerprint density at radius 1 is 1.47 bits per heavy atom. The highest BCUT2D eigenvalue weighted by atomic mass is 32.1. The van der Waals surface area contributed by atoms with Crippen LogP contribution >= 0.6 is 11.3 Å². The van der Waals surface area contributed by atoms with Gasteiger partial charge in [0.1, 0.15) is 0 Å². The van der Waals surface area contributed by atoms with E-state index in [1.54, 1.807) is 11.3 Å². The number of nitrogens with zero attached hydrogens (tertiary/aromatic N) is 2. The van der Waals surface area contributed by atoms with Gasteiger partial charge in [-0.1, -0.05) is 0 Å². The molecule has 1 aliphatic heterocycles. The van der Waals surface area contributed by atoms with Gasteiger partial charge >= 0.3 is 0 Å². The van der Waals surface area contributed by atoms with Gasteiger partial charge in [0.2, 0.25) is 0 Å². The van der Waals surface area contributed by atoms with Gasteiger partial charge in [-0.25, -0.2) is 0 Å². The van der Waals surface area contributed by atoms with Crippen molar-refractivity contribution >= 4 is 11.3 Å². The minimum Gasteiger partial charge on any atom is -0.316 e. The summed E-state index contributed by atoms with van der Waals surface area (Å²) in [6.07, 6.45) is 6.75. The number of hydrogen-bond donors (Lipinski definition) is 1. The molecule has 1 atom stereocenters. The maximum absolute atomic E-state index is 4.46. The van der Waals surface area contributed by atoms with Crippen LogP contribution in [0.15, 0.2) is 29.2 Å². The van der Waals surface area contributed by atoms with Crippen LogP contribution in [-0.4, -0.2) is 22.9 Å². The largest absolute Gasteiger partial charge is 0.316 e. The van der Waals surface area contributed by atoms with Crippen molar-refractivity contribution in [2.45, 2.75) is 19.4 Å². The lowest BCUT2D eigenvalue weighted by atomic mass is 10.00. The van der Waals surface area contributed by atoms with Crippen LogP contribution in [0, 0.1) is 5.92 Å². The van der Waals surface area contributed by atoms with Gasteiger partial charge in [-0.05, 0) is 54.2 Å². The average Bonchev–Trinajstić information content (AvgIpc) is 3.00. The molecule has 0 amide bonds. The maximum Gasteiger partial charge on any atom is 0.0568 e. The Morgan fingerprint density at radius 3 is 3.24 bits per heavy atom. The Bertz CT molecular complexity index is 455. The molecule has 0 spiro atoms. The molecule has 4 heteroatoms. The van der Waals surface area contributed by atoms with Crippen LogP contribution in [0.4, 0.5) is 0 Å². The van der Waals surface area contributed by atoms with Gasteiger partial charge in [0, 0.05) is 18.3 Å². The van der Waals surface area contributed by atoms with E-state index in [1.807, 2.05) is 6.20 Å². The van der Waals surface area contributed by atoms with E-state index in [9.17, 15) is 0 Å². The van der Waals surface area contributed by atoms with Crippen molar-refractivity contribution in [1.82, 2.24) is 15.1 Å². The summed E-state index contributed by atoms with van der Waals surface area (Å²) in [5, 5.41) is 12.2. The van der Waals surface area contributed by atoms with Crippen LogP contribution in [0.25, 0.3) is 11.1 Å². The Hall–Kier alpha value is -1.13. The second-order valence-corrected chi connectivity index (χ2v) is 5.46. The summed E-state index contributed by atoms with van der Waals surface area (Å²) in [5.41, 5.74) is 2.51. The van der Waals surface area contributed by atoms with Gasteiger partial charge in [-0.2, -0.15) is 16.4 Å². The molecular formula is C13H17N3S. The minimum absolute atomic E-state index is 0.735. The van der Waals surface area contributed by atoms with Crippen molar-refractivity contribution in [3.8, 4) is 11.1 Å². The monoisotopic (exact) mass is 247 g/mol. The quantitative estimate of drug-likeness (QED) is 0.903. The highest BCUT2D eigenvalue weighted by Crippen LogP contribution is 2.22. The van der Waals surface area contributed by atoms with E-state index in [4.69, 9.17) is 0 Å². The molecule has 0 unspecified atom stereocenters. The summed E-state index contributed by atoms with van der Waals surface area (Å²) in [4.78, 5) is 0. The fraction of sp³-hybridized carbons (Fsp3) is 0.462. The first-order valence-electron chi connectivity index (χ1n) is 6.17. The molecule has 2 aromatic heterocycles. The Balaban J connectivity index is 1.68. The average molecular weight is 247 g/mol. The van der Waals surface area contributed by atoms with E-state index in [1.165, 1.54) is 30.5 Å². The highest BCUT2D eigenvalue weighted by molar-refractivity contribution is 7.08. The fourth-order valence-electron chi connectivity index (χ4n) is 2.39. The van der Waals surface area contributed by atoms with Crippen molar-refractivity contribution in [2.75, 3.05) is 13.1 Å². The summed E-state index contributed by atoms with van der Waals surface area (Å²) in [7, 11) is 0. The predicted molar refractivity (Wildman–Crippen MR) is 71.1 cm³/mol. The molecule has 1 saturated heterocycles. The van der Waals surface area contributed by atoms with E-state index in [0.717, 1.165) is 19.0 Å². The zero-order valence-corrected chi connectivity index (χ0v) is 10.6. The highest BCUT2D eigenvalue weighted by Gasteiger charge is 2.14. The van der Waals surface area contributed by atoms with Crippen LogP contribution in [0.2, 0.25) is 0 Å². The minimum atomic E-state index is 0.735. The number of piperidine rings is 1. The molecule has 1 N–H and O–H groups in total. The SMILES string of the molecule is c1cc(-c2cnn(C[C@@H]3CCCNC3)c2)cs1. The first-order chi connectivity index (χ1) is 8.42. The van der Waals surface area contributed by atoms with E-state index < -0.39 is 0 Å². The zero-order valence-electron chi connectivity index (χ0n) is 9.80. The number of nitrogens with one attached hydrogen (secondary N) is 1. The predicted octanol–water partition coefficient (Wildman–Crippen LogP) is 2.61. The van der Waals surface area contributed by atoms with E-state index in [0.29, 0.717) is 0 Å². The van der Waals surface area contributed by atoms with Crippen molar-refractivity contribution in [1.29, 1.82) is 0 Å². The molecule has 2 aromatic rings. The van der Waals surface area contributed by atoms with Crippen LogP contribution in [-0.2, 0) is 6.54 Å². The van der Waals surface area contributed by atoms with E-state index in [2.05, 4.69) is 38.1 Å². The molecule has 90 valence electrons. The molecule has 0 aromatic carbocycles. The molecule has 17 heavy (non-hydrogen) atoms. The normalized spacial score (nSPS) is 20.6. The Kier molecular flexibility index (Phi) is 3.25. The summed E-state index contributed by atoms with van der Waals surface area (Å²) in [6, 6.07) is 2.15. The van der Waals surface area contributed by atoms with Gasteiger partial charge in [0.05, 0.1) is 6.20 Å². The first kappa shape index (κ1) is 11.0. The van der Waals surface area contributed by atoms with Crippen molar-refractivity contribution in [2.24, 2.45) is 5.92 Å². The zero-order chi connectivity index (χ0) is 11.5. The van der Waals surface area contributed by atoms with Gasteiger partial charge in [-0.15, -0.1) is 0 Å². The Morgan fingerprint density at radius 2 is 2.47 bits per heavy atom. The van der Waals surface area contributed by atoms with E-state index >= 15 is 0 Å². The standard InChI is InChI=1S/C13H17N3S/c1-2-11(6-14-4-1)8-16-9-13(7-15-16)12-3-5-17-10-12/h3,5,7,9-11,14H,1-2,4,6,8H2/t11-/m1/s1. The number of aromatic nitrogens is 2. The molecule has 0 radical (unpaired) electrons. The number of thiophene rings is 1. The third kappa shape index (κ3) is 2.58. The second kappa shape index (κ2) is 5.02. The van der Waals surface area contributed by atoms with Crippen LogP contribution in [0.5, 0.6) is 0 Å². The molecule has 0 aliphatic carbocycles. The van der Waals surface area contributed by atoms with Crippen molar-refractivity contribution in [3.63, 3.8) is 0 Å². The van der Waals surface area contributed by atoms with Crippen LogP contribution in [0.1, 0.15) is 12.8 Å². The van der Waals surface area contributed by atoms with Crippen LogP contribution < -0.4 is 5.32 Å². The lowest BCUT2D eigenvalue weighted by Crippen LogP contribution is -2.32. The van der Waals surface area contributed by atoms with Gasteiger partial charge in [0.25, 0.3) is 0 Å². The molecule has 1 fully saturated rings. The topological polar surface area (TPSA) is 29.9 Å². The van der Waals surface area contributed by atoms with Gasteiger partial charge in [-0.3, -0.25) is 4.68 Å². The first-order valence-corrected chi connectivity index (χ1v) is 7.12. The molecular weight excluding hydrogens is 230 g/mol. The summed E-state index contributed by atoms with van der Waals surface area (Å²) in [6.45, 7) is 3.35. The van der Waals surface area contributed by atoms with Gasteiger partial charge < -0.3 is 5.32 Å². The maximum atomic E-state index is 4.46. The van der Waals surface area contributed by atoms with Crippen molar-refractivity contribution in [3.05, 3.63) is 29.2 Å². The molecule has 3 nitrogen and oxygen atoms in total. The second-order valence-electron chi connectivity index (χ2n) is 4.68. The summed E-state index contributed by atoms with van der Waals surface area (Å²) >= 11 is 1.73. The van der Waals surface area contributed by atoms with Gasteiger partial charge in [0.15, 0.2) is 0 Å². The lowest BCUT2D eigenvalue weighted by molar-refractivity contribution is 0.325. The molecule has 0 saturated carbocycles. The third-order valence-corrected chi connectivity index (χ3v) is 4.02. The molecule has 3 rings (SSSR count). The summed E-state index contributed by atoms with van der Waals surface area (Å²) in [5.74, 6) is 0.735. The number of hydrogen-bond acceptors (Lipinski definition) is 3. The molecule has 0 bridgehead atoms. The smallest absolute Gasteiger partial charge is 0.0568 e. The molecule has 1 aliphatic rings. The number of rotatable bonds is 3. The summed E-state index contributed by atoms with van der Waals surface area (Å²) < 4.78 is 2.09. The third-order valence-electron chi connectivity index (χ3n) is 3.33. The Labute approximate surface area is 105 Å². The van der Waals surface area contributed by atoms with E-state index in [-0.39, 0.29) is 0 Å². The molecule has 3 heterocycles. The van der Waals surface area contributed by atoms with Crippen LogP contribution in [0.3, 0.4) is 0 Å².